The number of para-hydroxylation sites is 1. The average Bonchev–Trinajstić information content (AvgIpc) is 2.62. The maximum atomic E-state index is 9.91. The minimum absolute atomic E-state index is 0.0963. The predicted octanol–water partition coefficient (Wildman–Crippen LogP) is 1.16. The van der Waals surface area contributed by atoms with E-state index in [2.05, 4.69) is 0 Å². The van der Waals surface area contributed by atoms with E-state index in [9.17, 15) is 5.11 Å². The Kier molecular flexibility index (Phi) is 3.23. The normalized spacial score (nSPS) is 30.4. The number of benzene rings is 1. The summed E-state index contributed by atoms with van der Waals surface area (Å²) in [6.45, 7) is 0.538. The molecule has 0 heterocycles. The van der Waals surface area contributed by atoms with Gasteiger partial charge in [0.25, 0.3) is 0 Å². The van der Waals surface area contributed by atoms with Crippen LogP contribution in [0.4, 0.5) is 0 Å². The van der Waals surface area contributed by atoms with Crippen molar-refractivity contribution in [2.24, 2.45) is 11.7 Å². The van der Waals surface area contributed by atoms with Gasteiger partial charge >= 0.3 is 0 Å². The SMILES string of the molecule is NC[C@H]1CC[C@@H](Oc2ccccc2)[C@@H]1O. The third-order valence-electron chi connectivity index (χ3n) is 3.02. The van der Waals surface area contributed by atoms with Crippen molar-refractivity contribution in [1.29, 1.82) is 0 Å². The van der Waals surface area contributed by atoms with E-state index in [1.165, 1.54) is 0 Å². The molecule has 3 atom stereocenters. The van der Waals surface area contributed by atoms with Crippen LogP contribution >= 0.6 is 0 Å². The first-order chi connectivity index (χ1) is 7.31. The highest BCUT2D eigenvalue weighted by molar-refractivity contribution is 5.21. The van der Waals surface area contributed by atoms with Gasteiger partial charge < -0.3 is 15.6 Å². The van der Waals surface area contributed by atoms with Crippen molar-refractivity contribution in [3.8, 4) is 5.75 Å². The molecule has 0 spiro atoms. The molecule has 0 aliphatic heterocycles. The monoisotopic (exact) mass is 207 g/mol. The van der Waals surface area contributed by atoms with Crippen molar-refractivity contribution in [3.05, 3.63) is 30.3 Å². The van der Waals surface area contributed by atoms with Gasteiger partial charge in [0.1, 0.15) is 11.9 Å². The van der Waals surface area contributed by atoms with E-state index in [4.69, 9.17) is 10.5 Å². The van der Waals surface area contributed by atoms with Gasteiger partial charge in [-0.05, 0) is 31.5 Å². The van der Waals surface area contributed by atoms with Crippen LogP contribution < -0.4 is 10.5 Å². The Hall–Kier alpha value is -1.06. The highest BCUT2D eigenvalue weighted by Gasteiger charge is 2.35. The van der Waals surface area contributed by atoms with Crippen LogP contribution in [0, 0.1) is 5.92 Å². The summed E-state index contributed by atoms with van der Waals surface area (Å²) in [7, 11) is 0. The van der Waals surface area contributed by atoms with Crippen molar-refractivity contribution in [3.63, 3.8) is 0 Å². The second-order valence-electron chi connectivity index (χ2n) is 4.03. The molecule has 0 aromatic heterocycles. The summed E-state index contributed by atoms with van der Waals surface area (Å²) in [6, 6.07) is 9.61. The van der Waals surface area contributed by atoms with Crippen molar-refractivity contribution in [1.82, 2.24) is 0 Å². The van der Waals surface area contributed by atoms with Gasteiger partial charge in [0.05, 0.1) is 6.10 Å². The molecule has 0 saturated heterocycles. The molecule has 3 nitrogen and oxygen atoms in total. The molecule has 1 fully saturated rings. The van der Waals surface area contributed by atoms with Crippen LogP contribution in [0.2, 0.25) is 0 Å². The van der Waals surface area contributed by atoms with E-state index >= 15 is 0 Å². The van der Waals surface area contributed by atoms with E-state index in [-0.39, 0.29) is 12.0 Å². The smallest absolute Gasteiger partial charge is 0.125 e. The summed E-state index contributed by atoms with van der Waals surface area (Å²) in [5, 5.41) is 9.91. The molecule has 1 aromatic rings. The second-order valence-corrected chi connectivity index (χ2v) is 4.03. The Bertz CT molecular complexity index is 302. The molecule has 82 valence electrons. The largest absolute Gasteiger partial charge is 0.488 e. The molecule has 0 unspecified atom stereocenters. The van der Waals surface area contributed by atoms with E-state index in [0.717, 1.165) is 18.6 Å². The quantitative estimate of drug-likeness (QED) is 0.782. The first kappa shape index (κ1) is 10.5. The van der Waals surface area contributed by atoms with E-state index < -0.39 is 6.10 Å². The molecule has 1 aromatic carbocycles. The average molecular weight is 207 g/mol. The zero-order valence-electron chi connectivity index (χ0n) is 8.67. The van der Waals surface area contributed by atoms with Crippen LogP contribution in [0.25, 0.3) is 0 Å². The van der Waals surface area contributed by atoms with Gasteiger partial charge in [-0.1, -0.05) is 18.2 Å². The summed E-state index contributed by atoms with van der Waals surface area (Å²) in [4.78, 5) is 0. The highest BCUT2D eigenvalue weighted by atomic mass is 16.5. The molecule has 0 radical (unpaired) electrons. The van der Waals surface area contributed by atoms with Crippen LogP contribution in [0.3, 0.4) is 0 Å². The molecule has 3 N–H and O–H groups in total. The number of ether oxygens (including phenoxy) is 1. The molecule has 1 saturated carbocycles. The molecular weight excluding hydrogens is 190 g/mol. The topological polar surface area (TPSA) is 55.5 Å². The Morgan fingerprint density at radius 3 is 2.60 bits per heavy atom. The molecule has 1 aliphatic carbocycles. The number of aliphatic hydroxyl groups excluding tert-OH is 1. The fourth-order valence-corrected chi connectivity index (χ4v) is 2.08. The molecule has 1 aliphatic rings. The maximum absolute atomic E-state index is 9.91. The van der Waals surface area contributed by atoms with Crippen LogP contribution in [-0.4, -0.2) is 23.9 Å². The van der Waals surface area contributed by atoms with Crippen LogP contribution in [0.15, 0.2) is 30.3 Å². The summed E-state index contributed by atoms with van der Waals surface area (Å²) in [5.74, 6) is 1.01. The lowest BCUT2D eigenvalue weighted by Gasteiger charge is -2.19. The van der Waals surface area contributed by atoms with Crippen molar-refractivity contribution in [2.45, 2.75) is 25.0 Å². The van der Waals surface area contributed by atoms with Crippen molar-refractivity contribution >= 4 is 0 Å². The van der Waals surface area contributed by atoms with Gasteiger partial charge in [-0.15, -0.1) is 0 Å². The van der Waals surface area contributed by atoms with Gasteiger partial charge in [-0.25, -0.2) is 0 Å². The predicted molar refractivity (Wildman–Crippen MR) is 58.6 cm³/mol. The lowest BCUT2D eigenvalue weighted by atomic mass is 10.1. The van der Waals surface area contributed by atoms with Crippen LogP contribution in [0.1, 0.15) is 12.8 Å². The Morgan fingerprint density at radius 1 is 1.27 bits per heavy atom. The van der Waals surface area contributed by atoms with Gasteiger partial charge in [0.15, 0.2) is 0 Å². The van der Waals surface area contributed by atoms with Gasteiger partial charge in [-0.3, -0.25) is 0 Å². The molecular formula is C12H17NO2. The van der Waals surface area contributed by atoms with Gasteiger partial charge in [0, 0.05) is 5.92 Å². The molecule has 3 heteroatoms. The molecule has 15 heavy (non-hydrogen) atoms. The Balaban J connectivity index is 1.96. The number of aliphatic hydroxyl groups is 1. The van der Waals surface area contributed by atoms with E-state index in [0.29, 0.717) is 6.54 Å². The Morgan fingerprint density at radius 2 is 2.00 bits per heavy atom. The number of hydrogen-bond acceptors (Lipinski definition) is 3. The number of hydrogen-bond donors (Lipinski definition) is 2. The standard InChI is InChI=1S/C12H17NO2/c13-8-9-6-7-11(12(9)14)15-10-4-2-1-3-5-10/h1-5,9,11-12,14H,6-8,13H2/t9-,11-,12-/m1/s1. The zero-order valence-corrected chi connectivity index (χ0v) is 8.67. The summed E-state index contributed by atoms with van der Waals surface area (Å²) >= 11 is 0. The molecule has 2 rings (SSSR count). The summed E-state index contributed by atoms with van der Waals surface area (Å²) in [6.07, 6.45) is 1.32. The van der Waals surface area contributed by atoms with Gasteiger partial charge in [0.2, 0.25) is 0 Å². The third kappa shape index (κ3) is 2.30. The highest BCUT2D eigenvalue weighted by Crippen LogP contribution is 2.28. The number of nitrogens with two attached hydrogens (primary N) is 1. The van der Waals surface area contributed by atoms with Crippen LogP contribution in [-0.2, 0) is 0 Å². The fourth-order valence-electron chi connectivity index (χ4n) is 2.08. The van der Waals surface area contributed by atoms with Gasteiger partial charge in [-0.2, -0.15) is 0 Å². The minimum Gasteiger partial charge on any atom is -0.488 e. The fraction of sp³-hybridized carbons (Fsp3) is 0.500. The minimum atomic E-state index is -0.421. The first-order valence-electron chi connectivity index (χ1n) is 5.41. The summed E-state index contributed by atoms with van der Waals surface area (Å²) in [5.41, 5.74) is 5.56. The number of rotatable bonds is 3. The lowest BCUT2D eigenvalue weighted by Crippen LogP contribution is -2.33. The zero-order chi connectivity index (χ0) is 10.7. The van der Waals surface area contributed by atoms with E-state index in [1.807, 2.05) is 30.3 Å². The first-order valence-corrected chi connectivity index (χ1v) is 5.41. The Labute approximate surface area is 89.9 Å². The maximum Gasteiger partial charge on any atom is 0.125 e. The van der Waals surface area contributed by atoms with Crippen molar-refractivity contribution < 1.29 is 9.84 Å². The van der Waals surface area contributed by atoms with E-state index in [1.54, 1.807) is 0 Å². The molecule has 0 amide bonds. The second kappa shape index (κ2) is 4.64. The molecule has 0 bridgehead atoms. The third-order valence-corrected chi connectivity index (χ3v) is 3.02. The lowest BCUT2D eigenvalue weighted by molar-refractivity contribution is 0.0370. The van der Waals surface area contributed by atoms with Crippen LogP contribution in [0.5, 0.6) is 5.75 Å². The summed E-state index contributed by atoms with van der Waals surface area (Å²) < 4.78 is 5.71. The van der Waals surface area contributed by atoms with Crippen molar-refractivity contribution in [2.75, 3.05) is 6.54 Å².